The van der Waals surface area contributed by atoms with E-state index >= 15 is 0 Å². The maximum atomic E-state index is 13.2. The molecule has 0 fully saturated rings. The topological polar surface area (TPSA) is 12.0 Å². The molecule has 4 heteroatoms. The van der Waals surface area contributed by atoms with E-state index in [4.69, 9.17) is 11.6 Å². The molecule has 0 saturated carbocycles. The van der Waals surface area contributed by atoms with E-state index in [2.05, 4.69) is 21.2 Å². The summed E-state index contributed by atoms with van der Waals surface area (Å²) >= 11 is 9.33. The average Bonchev–Trinajstić information content (AvgIpc) is 2.26. The van der Waals surface area contributed by atoms with Crippen LogP contribution in [0.25, 0.3) is 0 Å². The van der Waals surface area contributed by atoms with Gasteiger partial charge < -0.3 is 5.32 Å². The van der Waals surface area contributed by atoms with E-state index in [1.54, 1.807) is 0 Å². The Hall–Kier alpha value is -1.06. The fraction of sp³-hybridized carbons (Fsp3) is 0.143. The third-order valence-corrected chi connectivity index (χ3v) is 3.51. The summed E-state index contributed by atoms with van der Waals surface area (Å²) in [4.78, 5) is 0. The van der Waals surface area contributed by atoms with E-state index in [1.165, 1.54) is 12.1 Å². The summed E-state index contributed by atoms with van der Waals surface area (Å²) < 4.78 is 14.2. The lowest BCUT2D eigenvalue weighted by Crippen LogP contribution is -2.00. The van der Waals surface area contributed by atoms with Crippen LogP contribution in [-0.2, 0) is 6.54 Å². The van der Waals surface area contributed by atoms with Crippen molar-refractivity contribution in [2.75, 3.05) is 5.32 Å². The van der Waals surface area contributed by atoms with Crippen molar-refractivity contribution in [1.82, 2.24) is 0 Å². The van der Waals surface area contributed by atoms with Gasteiger partial charge in [0.05, 0.1) is 0 Å². The summed E-state index contributed by atoms with van der Waals surface area (Å²) in [5.41, 5.74) is 2.74. The molecular weight excluding hydrogens is 317 g/mol. The van der Waals surface area contributed by atoms with Gasteiger partial charge in [0.25, 0.3) is 0 Å². The fourth-order valence-corrected chi connectivity index (χ4v) is 2.52. The van der Waals surface area contributed by atoms with Gasteiger partial charge in [0.2, 0.25) is 0 Å². The molecule has 0 aliphatic carbocycles. The van der Waals surface area contributed by atoms with Crippen LogP contribution in [0.1, 0.15) is 11.1 Å². The molecule has 1 N–H and O–H groups in total. The Bertz CT molecular complexity index is 551. The number of aryl methyl sites for hydroxylation is 1. The van der Waals surface area contributed by atoms with Gasteiger partial charge >= 0.3 is 0 Å². The molecule has 0 amide bonds. The number of nitrogens with one attached hydrogen (secondary N) is 1. The standard InChI is InChI=1S/C14H12BrClFN/c1-9-4-12(17)7-13(5-9)18-8-10-2-3-11(16)6-14(10)15/h2-7,18H,8H2,1H3. The minimum atomic E-state index is -0.229. The van der Waals surface area contributed by atoms with Crippen LogP contribution >= 0.6 is 27.5 Å². The number of rotatable bonds is 3. The Labute approximate surface area is 119 Å². The van der Waals surface area contributed by atoms with Crippen molar-refractivity contribution in [2.24, 2.45) is 0 Å². The van der Waals surface area contributed by atoms with Gasteiger partial charge in [-0.2, -0.15) is 0 Å². The maximum Gasteiger partial charge on any atom is 0.125 e. The highest BCUT2D eigenvalue weighted by Gasteiger charge is 2.02. The molecule has 2 rings (SSSR count). The van der Waals surface area contributed by atoms with E-state index < -0.39 is 0 Å². The zero-order chi connectivity index (χ0) is 13.1. The third kappa shape index (κ3) is 3.47. The summed E-state index contributed by atoms with van der Waals surface area (Å²) in [6.07, 6.45) is 0. The molecule has 2 aromatic carbocycles. The fourth-order valence-electron chi connectivity index (χ4n) is 1.70. The lowest BCUT2D eigenvalue weighted by molar-refractivity contribution is 0.627. The molecule has 2 aromatic rings. The predicted octanol–water partition coefficient (Wildman–Crippen LogP) is 5.16. The average molecular weight is 329 g/mol. The minimum absolute atomic E-state index is 0.229. The van der Waals surface area contributed by atoms with Crippen LogP contribution in [0.5, 0.6) is 0 Å². The first-order valence-electron chi connectivity index (χ1n) is 5.49. The van der Waals surface area contributed by atoms with Gasteiger partial charge in [-0.05, 0) is 48.4 Å². The van der Waals surface area contributed by atoms with Crippen molar-refractivity contribution in [2.45, 2.75) is 13.5 Å². The molecule has 0 unspecified atom stereocenters. The Morgan fingerprint density at radius 2 is 2.00 bits per heavy atom. The zero-order valence-electron chi connectivity index (χ0n) is 9.81. The Kier molecular flexibility index (Phi) is 4.25. The van der Waals surface area contributed by atoms with Gasteiger partial charge in [-0.25, -0.2) is 4.39 Å². The van der Waals surface area contributed by atoms with Crippen molar-refractivity contribution in [1.29, 1.82) is 0 Å². The quantitative estimate of drug-likeness (QED) is 0.820. The van der Waals surface area contributed by atoms with Crippen molar-refractivity contribution in [3.63, 3.8) is 0 Å². The van der Waals surface area contributed by atoms with Gasteiger partial charge in [0, 0.05) is 21.7 Å². The summed E-state index contributed by atoms with van der Waals surface area (Å²) in [5.74, 6) is -0.229. The molecule has 0 radical (unpaired) electrons. The van der Waals surface area contributed by atoms with Crippen LogP contribution in [0.15, 0.2) is 40.9 Å². The molecule has 0 spiro atoms. The molecule has 0 bridgehead atoms. The Morgan fingerprint density at radius 3 is 2.67 bits per heavy atom. The number of benzene rings is 2. The number of hydrogen-bond acceptors (Lipinski definition) is 1. The molecule has 0 saturated heterocycles. The lowest BCUT2D eigenvalue weighted by atomic mass is 10.2. The number of halogens is 3. The summed E-state index contributed by atoms with van der Waals surface area (Å²) in [5, 5.41) is 3.88. The first-order valence-corrected chi connectivity index (χ1v) is 6.67. The van der Waals surface area contributed by atoms with Crippen molar-refractivity contribution in [3.05, 3.63) is 62.8 Å². The molecule has 18 heavy (non-hydrogen) atoms. The van der Waals surface area contributed by atoms with Crippen molar-refractivity contribution >= 4 is 33.2 Å². The van der Waals surface area contributed by atoms with Crippen LogP contribution < -0.4 is 5.32 Å². The number of hydrogen-bond donors (Lipinski definition) is 1. The monoisotopic (exact) mass is 327 g/mol. The van der Waals surface area contributed by atoms with Crippen LogP contribution in [-0.4, -0.2) is 0 Å². The van der Waals surface area contributed by atoms with Crippen LogP contribution in [0, 0.1) is 12.7 Å². The van der Waals surface area contributed by atoms with Crippen LogP contribution in [0.3, 0.4) is 0 Å². The predicted molar refractivity (Wildman–Crippen MR) is 77.6 cm³/mol. The minimum Gasteiger partial charge on any atom is -0.381 e. The Balaban J connectivity index is 2.11. The van der Waals surface area contributed by atoms with Gasteiger partial charge in [0.1, 0.15) is 5.82 Å². The molecule has 0 atom stereocenters. The Morgan fingerprint density at radius 1 is 1.22 bits per heavy atom. The van der Waals surface area contributed by atoms with Gasteiger partial charge in [0.15, 0.2) is 0 Å². The first-order chi connectivity index (χ1) is 8.54. The molecule has 0 aliphatic rings. The lowest BCUT2D eigenvalue weighted by Gasteiger charge is -2.09. The maximum absolute atomic E-state index is 13.2. The molecule has 1 nitrogen and oxygen atoms in total. The highest BCUT2D eigenvalue weighted by atomic mass is 79.9. The summed E-state index contributed by atoms with van der Waals surface area (Å²) in [6.45, 7) is 2.48. The highest BCUT2D eigenvalue weighted by Crippen LogP contribution is 2.23. The molecule has 0 aliphatic heterocycles. The van der Waals surface area contributed by atoms with Crippen molar-refractivity contribution < 1.29 is 4.39 Å². The molecular formula is C14H12BrClFN. The summed E-state index contributed by atoms with van der Waals surface area (Å²) in [6, 6.07) is 10.5. The molecule has 94 valence electrons. The SMILES string of the molecule is Cc1cc(F)cc(NCc2ccc(Cl)cc2Br)c1. The highest BCUT2D eigenvalue weighted by molar-refractivity contribution is 9.10. The third-order valence-electron chi connectivity index (χ3n) is 2.54. The smallest absolute Gasteiger partial charge is 0.125 e. The number of anilines is 1. The van der Waals surface area contributed by atoms with Gasteiger partial charge in [-0.15, -0.1) is 0 Å². The zero-order valence-corrected chi connectivity index (χ0v) is 12.1. The van der Waals surface area contributed by atoms with E-state index in [0.717, 1.165) is 21.3 Å². The van der Waals surface area contributed by atoms with E-state index in [1.807, 2.05) is 31.2 Å². The molecule has 0 aromatic heterocycles. The van der Waals surface area contributed by atoms with Gasteiger partial charge in [-0.1, -0.05) is 33.6 Å². The van der Waals surface area contributed by atoms with Crippen molar-refractivity contribution in [3.8, 4) is 0 Å². The van der Waals surface area contributed by atoms with Crippen LogP contribution in [0.4, 0.5) is 10.1 Å². The van der Waals surface area contributed by atoms with E-state index in [0.29, 0.717) is 11.6 Å². The molecule has 0 heterocycles. The van der Waals surface area contributed by atoms with E-state index in [-0.39, 0.29) is 5.82 Å². The first kappa shape index (κ1) is 13.4. The van der Waals surface area contributed by atoms with Crippen LogP contribution in [0.2, 0.25) is 5.02 Å². The second-order valence-electron chi connectivity index (χ2n) is 4.11. The van der Waals surface area contributed by atoms with Gasteiger partial charge in [-0.3, -0.25) is 0 Å². The largest absolute Gasteiger partial charge is 0.381 e. The second-order valence-corrected chi connectivity index (χ2v) is 5.40. The normalized spacial score (nSPS) is 10.4. The second kappa shape index (κ2) is 5.72. The summed E-state index contributed by atoms with van der Waals surface area (Å²) in [7, 11) is 0. The van der Waals surface area contributed by atoms with E-state index in [9.17, 15) is 4.39 Å².